The number of fused-ring (bicyclic) bond motifs is 7. The zero-order valence-corrected chi connectivity index (χ0v) is 18.8. The van der Waals surface area contributed by atoms with E-state index < -0.39 is 57.4 Å². The maximum Gasteiger partial charge on any atom is 0.339 e. The maximum atomic E-state index is 15.5. The highest BCUT2D eigenvalue weighted by atomic mass is 35.5. The number of halogens is 2. The fourth-order valence-electron chi connectivity index (χ4n) is 7.67. The first kappa shape index (κ1) is 21.6. The number of carbonyl (C=O) groups is 2. The summed E-state index contributed by atoms with van der Waals surface area (Å²) in [5.41, 5.74) is -3.44. The topological polar surface area (TPSA) is 93.1 Å². The van der Waals surface area contributed by atoms with Crippen molar-refractivity contribution in [3.63, 3.8) is 0 Å². The Morgan fingerprint density at radius 3 is 2.55 bits per heavy atom. The van der Waals surface area contributed by atoms with Crippen LogP contribution in [0.5, 0.6) is 0 Å². The highest BCUT2D eigenvalue weighted by molar-refractivity contribution is 6.26. The maximum absolute atomic E-state index is 15.5. The van der Waals surface area contributed by atoms with Gasteiger partial charge in [0, 0.05) is 10.8 Å². The average molecular weight is 455 g/mol. The van der Waals surface area contributed by atoms with Crippen LogP contribution < -0.4 is 0 Å². The lowest BCUT2D eigenvalue weighted by Gasteiger charge is -2.64. The van der Waals surface area contributed by atoms with Gasteiger partial charge in [-0.05, 0) is 62.7 Å². The first-order valence-electron chi connectivity index (χ1n) is 10.8. The van der Waals surface area contributed by atoms with Gasteiger partial charge in [-0.25, -0.2) is 9.18 Å². The standard InChI is InChI=1S/C23H28ClFO6/c1-19(2)30-17-9-12-13-8-15(25)14-7-11(26)5-6-20(14,3)22(13,24)16(27)10-21(12,4)23(17,31-19)18(28)29/h5-7,12-13,15-17,27H,8-10H2,1-4H3,(H,28,29)/t12-,13-,15-,16-,17+,20-,21-,22-,23-/m0/s1. The Morgan fingerprint density at radius 1 is 1.23 bits per heavy atom. The van der Waals surface area contributed by atoms with Crippen LogP contribution in [0.4, 0.5) is 4.39 Å². The van der Waals surface area contributed by atoms with E-state index in [0.29, 0.717) is 6.42 Å². The second-order valence-electron chi connectivity index (χ2n) is 10.7. The van der Waals surface area contributed by atoms with Crippen LogP contribution in [0.15, 0.2) is 23.8 Å². The molecule has 0 unspecified atom stereocenters. The van der Waals surface area contributed by atoms with Crippen LogP contribution >= 0.6 is 11.6 Å². The number of carboxylic acids is 1. The number of ether oxygens (including phenoxy) is 2. The van der Waals surface area contributed by atoms with E-state index in [0.717, 1.165) is 0 Å². The van der Waals surface area contributed by atoms with Gasteiger partial charge >= 0.3 is 5.97 Å². The summed E-state index contributed by atoms with van der Waals surface area (Å²) < 4.78 is 27.6. The van der Waals surface area contributed by atoms with Crippen LogP contribution in [0.2, 0.25) is 0 Å². The molecule has 8 heteroatoms. The fourth-order valence-corrected chi connectivity index (χ4v) is 8.16. The second kappa shape index (κ2) is 5.99. The summed E-state index contributed by atoms with van der Waals surface area (Å²) >= 11 is 7.27. The molecule has 4 fully saturated rings. The number of rotatable bonds is 1. The van der Waals surface area contributed by atoms with E-state index in [1.54, 1.807) is 33.8 Å². The molecule has 4 aliphatic carbocycles. The molecule has 0 aromatic rings. The van der Waals surface area contributed by atoms with Crippen LogP contribution in [0, 0.1) is 22.7 Å². The Kier molecular flexibility index (Phi) is 4.16. The molecule has 0 aromatic carbocycles. The lowest BCUT2D eigenvalue weighted by molar-refractivity contribution is -0.231. The van der Waals surface area contributed by atoms with Crippen molar-refractivity contribution in [3.8, 4) is 0 Å². The summed E-state index contributed by atoms with van der Waals surface area (Å²) in [6, 6.07) is 0. The monoisotopic (exact) mass is 454 g/mol. The van der Waals surface area contributed by atoms with E-state index in [4.69, 9.17) is 21.1 Å². The molecular formula is C23H28ClFO6. The molecular weight excluding hydrogens is 427 g/mol. The van der Waals surface area contributed by atoms with Gasteiger partial charge in [0.05, 0.1) is 11.0 Å². The van der Waals surface area contributed by atoms with Crippen LogP contribution in [0.1, 0.15) is 47.0 Å². The van der Waals surface area contributed by atoms with Gasteiger partial charge < -0.3 is 19.7 Å². The summed E-state index contributed by atoms with van der Waals surface area (Å²) in [4.78, 5) is 23.3. The Morgan fingerprint density at radius 2 is 1.90 bits per heavy atom. The quantitative estimate of drug-likeness (QED) is 0.591. The molecule has 6 nitrogen and oxygen atoms in total. The van der Waals surface area contributed by atoms with Crippen LogP contribution in [-0.4, -0.2) is 56.6 Å². The molecule has 0 aromatic heterocycles. The van der Waals surface area contributed by atoms with Gasteiger partial charge in [0.15, 0.2) is 17.2 Å². The predicted octanol–water partition coefficient (Wildman–Crippen LogP) is 3.16. The molecule has 0 radical (unpaired) electrons. The zero-order valence-electron chi connectivity index (χ0n) is 18.0. The first-order valence-corrected chi connectivity index (χ1v) is 11.2. The third kappa shape index (κ3) is 2.29. The number of carboxylic acid groups (broad SMARTS) is 1. The summed E-state index contributed by atoms with van der Waals surface area (Å²) in [6.45, 7) is 6.93. The van der Waals surface area contributed by atoms with Crippen molar-refractivity contribution in [2.75, 3.05) is 0 Å². The molecule has 1 heterocycles. The Labute approximate surface area is 185 Å². The van der Waals surface area contributed by atoms with E-state index in [1.165, 1.54) is 12.2 Å². The van der Waals surface area contributed by atoms with Gasteiger partial charge in [-0.15, -0.1) is 11.6 Å². The summed E-state index contributed by atoms with van der Waals surface area (Å²) in [5, 5.41) is 21.8. The van der Waals surface area contributed by atoms with E-state index in [1.807, 2.05) is 0 Å². The smallest absolute Gasteiger partial charge is 0.339 e. The number of aliphatic carboxylic acids is 1. The SMILES string of the molecule is CC1(C)O[C@@H]2C[C@H]3[C@@H]4C[C@H](F)C5=CC(=O)C=C[C@]5(C)[C@@]4(Cl)[C@@H](O)C[C@]3(C)[C@]2(C(=O)O)O1. The normalized spacial score (nSPS) is 54.5. The molecule has 5 rings (SSSR count). The molecule has 0 spiro atoms. The first-order chi connectivity index (χ1) is 14.2. The van der Waals surface area contributed by atoms with E-state index in [-0.39, 0.29) is 30.1 Å². The summed E-state index contributed by atoms with van der Waals surface area (Å²) in [5.74, 6) is -3.39. The Balaban J connectivity index is 1.66. The van der Waals surface area contributed by atoms with Gasteiger partial charge in [0.2, 0.25) is 0 Å². The van der Waals surface area contributed by atoms with E-state index in [9.17, 15) is 19.8 Å². The Bertz CT molecular complexity index is 946. The number of hydrogen-bond donors (Lipinski definition) is 2. The van der Waals surface area contributed by atoms with Crippen molar-refractivity contribution in [3.05, 3.63) is 23.8 Å². The number of aliphatic hydroxyl groups excluding tert-OH is 1. The lowest BCUT2D eigenvalue weighted by atomic mass is 9.45. The van der Waals surface area contributed by atoms with Crippen LogP contribution in [0.3, 0.4) is 0 Å². The van der Waals surface area contributed by atoms with Gasteiger partial charge in [-0.3, -0.25) is 4.79 Å². The molecule has 170 valence electrons. The fraction of sp³-hybridized carbons (Fsp3) is 0.739. The highest BCUT2D eigenvalue weighted by Crippen LogP contribution is 2.73. The number of alkyl halides is 2. The van der Waals surface area contributed by atoms with Gasteiger partial charge in [0.1, 0.15) is 12.3 Å². The summed E-state index contributed by atoms with van der Waals surface area (Å²) in [6.07, 6.45) is 1.43. The number of allylic oxidation sites excluding steroid dienone is 4. The molecule has 5 aliphatic rings. The number of ketones is 1. The minimum atomic E-state index is -1.65. The van der Waals surface area contributed by atoms with Crippen LogP contribution in [-0.2, 0) is 19.1 Å². The Hall–Kier alpha value is -1.28. The summed E-state index contributed by atoms with van der Waals surface area (Å²) in [7, 11) is 0. The minimum Gasteiger partial charge on any atom is -0.479 e. The van der Waals surface area contributed by atoms with Crippen molar-refractivity contribution in [2.45, 2.75) is 81.6 Å². The zero-order chi connectivity index (χ0) is 22.8. The molecule has 2 N–H and O–H groups in total. The largest absolute Gasteiger partial charge is 0.479 e. The molecule has 31 heavy (non-hydrogen) atoms. The minimum absolute atomic E-state index is 0.00910. The van der Waals surface area contributed by atoms with Crippen molar-refractivity contribution >= 4 is 23.4 Å². The number of carbonyl (C=O) groups excluding carboxylic acids is 1. The second-order valence-corrected chi connectivity index (χ2v) is 11.4. The number of hydrogen-bond acceptors (Lipinski definition) is 5. The van der Waals surface area contributed by atoms with Crippen molar-refractivity contribution < 1.29 is 33.7 Å². The highest BCUT2D eigenvalue weighted by Gasteiger charge is 2.80. The molecule has 1 saturated heterocycles. The van der Waals surface area contributed by atoms with E-state index in [2.05, 4.69) is 0 Å². The lowest BCUT2D eigenvalue weighted by Crippen LogP contribution is -2.70. The third-order valence-electron chi connectivity index (χ3n) is 8.94. The number of aliphatic hydroxyl groups is 1. The van der Waals surface area contributed by atoms with Gasteiger partial charge in [-0.1, -0.05) is 19.9 Å². The average Bonchev–Trinajstić information content (AvgIpc) is 3.06. The molecule has 0 bridgehead atoms. The molecule has 0 amide bonds. The molecule has 9 atom stereocenters. The van der Waals surface area contributed by atoms with Crippen LogP contribution in [0.25, 0.3) is 0 Å². The van der Waals surface area contributed by atoms with Crippen molar-refractivity contribution in [1.82, 2.24) is 0 Å². The van der Waals surface area contributed by atoms with Crippen molar-refractivity contribution in [1.29, 1.82) is 0 Å². The van der Waals surface area contributed by atoms with Gasteiger partial charge in [0.25, 0.3) is 0 Å². The molecule has 1 aliphatic heterocycles. The van der Waals surface area contributed by atoms with Crippen molar-refractivity contribution in [2.24, 2.45) is 22.7 Å². The third-order valence-corrected chi connectivity index (χ3v) is 9.86. The van der Waals surface area contributed by atoms with Gasteiger partial charge in [-0.2, -0.15) is 0 Å². The molecule has 3 saturated carbocycles. The van der Waals surface area contributed by atoms with E-state index >= 15 is 4.39 Å². The predicted molar refractivity (Wildman–Crippen MR) is 109 cm³/mol.